The SMILES string of the molecule is CCCC(C)(CCC)OP(=O)(O)OC(F)(C(F)F)C(F)(F)F. The molecule has 0 aromatic heterocycles. The van der Waals surface area contributed by atoms with Crippen molar-refractivity contribution in [2.24, 2.45) is 0 Å². The topological polar surface area (TPSA) is 55.8 Å². The highest BCUT2D eigenvalue weighted by atomic mass is 31.2. The summed E-state index contributed by atoms with van der Waals surface area (Å²) >= 11 is 0. The summed E-state index contributed by atoms with van der Waals surface area (Å²) in [6, 6.07) is 0. The molecule has 0 aromatic rings. The van der Waals surface area contributed by atoms with Crippen molar-refractivity contribution in [2.75, 3.05) is 0 Å². The van der Waals surface area contributed by atoms with Crippen LogP contribution in [0.2, 0.25) is 0 Å². The lowest BCUT2D eigenvalue weighted by molar-refractivity contribution is -0.345. The Morgan fingerprint density at radius 3 is 1.73 bits per heavy atom. The number of rotatable bonds is 9. The lowest BCUT2D eigenvalue weighted by Gasteiger charge is -2.34. The van der Waals surface area contributed by atoms with E-state index in [-0.39, 0.29) is 12.8 Å². The van der Waals surface area contributed by atoms with Crippen molar-refractivity contribution in [1.29, 1.82) is 0 Å². The normalized spacial score (nSPS) is 19.0. The summed E-state index contributed by atoms with van der Waals surface area (Å²) in [7, 11) is -5.72. The van der Waals surface area contributed by atoms with Crippen molar-refractivity contribution in [3.8, 4) is 0 Å². The van der Waals surface area contributed by atoms with E-state index in [2.05, 4.69) is 9.05 Å². The first-order valence-corrected chi connectivity index (χ1v) is 8.00. The Balaban J connectivity index is 5.34. The van der Waals surface area contributed by atoms with Crippen molar-refractivity contribution in [2.45, 2.75) is 70.5 Å². The molecule has 2 atom stereocenters. The van der Waals surface area contributed by atoms with Crippen LogP contribution in [0, 0.1) is 0 Å². The highest BCUT2D eigenvalue weighted by Crippen LogP contribution is 2.57. The van der Waals surface area contributed by atoms with Crippen LogP contribution in [0.3, 0.4) is 0 Å². The average Bonchev–Trinajstić information content (AvgIpc) is 2.25. The largest absolute Gasteiger partial charge is 0.475 e. The Morgan fingerprint density at radius 1 is 1.05 bits per heavy atom. The first-order chi connectivity index (χ1) is 9.73. The molecule has 11 heteroatoms. The summed E-state index contributed by atoms with van der Waals surface area (Å²) in [6.07, 6.45) is -9.74. The van der Waals surface area contributed by atoms with Gasteiger partial charge in [0.1, 0.15) is 0 Å². The standard InChI is InChI=1S/C11H19F6O4P/c1-4-6-9(3,7-5-2)20-22(18,19)21-10(14,8(12)13)11(15,16)17/h8H,4-7H2,1-3H3,(H,18,19). The third-order valence-corrected chi connectivity index (χ3v) is 3.98. The molecule has 134 valence electrons. The Kier molecular flexibility index (Phi) is 7.40. The maximum absolute atomic E-state index is 13.4. The fraction of sp³-hybridized carbons (Fsp3) is 1.00. The van der Waals surface area contributed by atoms with Gasteiger partial charge < -0.3 is 4.89 Å². The summed E-state index contributed by atoms with van der Waals surface area (Å²) in [4.78, 5) is 9.29. The van der Waals surface area contributed by atoms with Crippen molar-refractivity contribution in [1.82, 2.24) is 0 Å². The molecule has 0 fully saturated rings. The van der Waals surface area contributed by atoms with Gasteiger partial charge in [0, 0.05) is 0 Å². The van der Waals surface area contributed by atoms with Crippen molar-refractivity contribution in [3.63, 3.8) is 0 Å². The molecule has 4 nitrogen and oxygen atoms in total. The van der Waals surface area contributed by atoms with Crippen LogP contribution < -0.4 is 0 Å². The molecular weight excluding hydrogens is 341 g/mol. The maximum Gasteiger partial charge on any atom is 0.475 e. The molecular formula is C11H19F6O4P. The molecule has 0 saturated carbocycles. The van der Waals surface area contributed by atoms with E-state index in [1.165, 1.54) is 6.92 Å². The fourth-order valence-electron chi connectivity index (χ4n) is 1.95. The predicted octanol–water partition coefficient (Wildman–Crippen LogP) is 4.97. The quantitative estimate of drug-likeness (QED) is 0.466. The van der Waals surface area contributed by atoms with Crippen LogP contribution >= 0.6 is 7.82 Å². The van der Waals surface area contributed by atoms with Gasteiger partial charge >= 0.3 is 26.3 Å². The van der Waals surface area contributed by atoms with Crippen molar-refractivity contribution >= 4 is 7.82 Å². The molecule has 2 unspecified atom stereocenters. The minimum Gasteiger partial charge on any atom is -0.302 e. The zero-order valence-corrected chi connectivity index (χ0v) is 13.2. The summed E-state index contributed by atoms with van der Waals surface area (Å²) in [5.74, 6) is -5.59. The minimum absolute atomic E-state index is 0.148. The monoisotopic (exact) mass is 360 g/mol. The van der Waals surface area contributed by atoms with Crippen LogP contribution in [0.25, 0.3) is 0 Å². The van der Waals surface area contributed by atoms with Crippen molar-refractivity contribution < 1.29 is 44.8 Å². The molecule has 0 radical (unpaired) electrons. The smallest absolute Gasteiger partial charge is 0.302 e. The molecule has 0 rings (SSSR count). The van der Waals surface area contributed by atoms with Gasteiger partial charge in [0.05, 0.1) is 5.60 Å². The number of hydrogen-bond acceptors (Lipinski definition) is 3. The molecule has 0 heterocycles. The number of alkyl halides is 6. The van der Waals surface area contributed by atoms with Gasteiger partial charge in [0.15, 0.2) is 0 Å². The predicted molar refractivity (Wildman–Crippen MR) is 66.1 cm³/mol. The Labute approximate surface area is 124 Å². The summed E-state index contributed by atoms with van der Waals surface area (Å²) in [6.45, 7) is 4.66. The van der Waals surface area contributed by atoms with Crippen LogP contribution in [-0.4, -0.2) is 29.0 Å². The van der Waals surface area contributed by atoms with Crippen molar-refractivity contribution in [3.05, 3.63) is 0 Å². The number of halogens is 6. The van der Waals surface area contributed by atoms with E-state index in [9.17, 15) is 35.8 Å². The highest BCUT2D eigenvalue weighted by molar-refractivity contribution is 7.47. The van der Waals surface area contributed by atoms with Gasteiger partial charge in [-0.05, 0) is 19.8 Å². The molecule has 0 saturated heterocycles. The van der Waals surface area contributed by atoms with E-state index in [4.69, 9.17) is 0 Å². The first kappa shape index (κ1) is 21.7. The number of phosphoric ester groups is 1. The summed E-state index contributed by atoms with van der Waals surface area (Å²) in [5.41, 5.74) is -1.40. The minimum atomic E-state index is -6.20. The summed E-state index contributed by atoms with van der Waals surface area (Å²) < 4.78 is 94.4. The molecule has 0 spiro atoms. The van der Waals surface area contributed by atoms with E-state index >= 15 is 0 Å². The van der Waals surface area contributed by atoms with Crippen LogP contribution in [0.15, 0.2) is 0 Å². The van der Waals surface area contributed by atoms with E-state index < -0.39 is 31.9 Å². The van der Waals surface area contributed by atoms with Gasteiger partial charge in [-0.15, -0.1) is 0 Å². The van der Waals surface area contributed by atoms with E-state index in [1.54, 1.807) is 13.8 Å². The second-order valence-corrected chi connectivity index (χ2v) is 6.35. The Bertz CT molecular complexity index is 397. The van der Waals surface area contributed by atoms with Crippen LogP contribution in [-0.2, 0) is 13.6 Å². The van der Waals surface area contributed by atoms with Gasteiger partial charge in [-0.2, -0.15) is 17.6 Å². The van der Waals surface area contributed by atoms with E-state index in [1.807, 2.05) is 0 Å². The van der Waals surface area contributed by atoms with E-state index in [0.29, 0.717) is 12.8 Å². The molecule has 0 aromatic carbocycles. The van der Waals surface area contributed by atoms with Gasteiger partial charge in [0.2, 0.25) is 0 Å². The van der Waals surface area contributed by atoms with Gasteiger partial charge in [0.25, 0.3) is 0 Å². The number of phosphoric acid groups is 1. The average molecular weight is 360 g/mol. The van der Waals surface area contributed by atoms with Gasteiger partial charge in [-0.3, -0.25) is 4.52 Å². The second kappa shape index (κ2) is 7.51. The lowest BCUT2D eigenvalue weighted by atomic mass is 9.95. The molecule has 0 amide bonds. The molecule has 0 aliphatic rings. The molecule has 0 bridgehead atoms. The van der Waals surface area contributed by atoms with Crippen LogP contribution in [0.4, 0.5) is 26.3 Å². The molecule has 0 aliphatic carbocycles. The molecule has 0 aliphatic heterocycles. The third kappa shape index (κ3) is 5.72. The van der Waals surface area contributed by atoms with Gasteiger partial charge in [-0.1, -0.05) is 26.7 Å². The fourth-order valence-corrected chi connectivity index (χ4v) is 3.25. The molecule has 22 heavy (non-hydrogen) atoms. The van der Waals surface area contributed by atoms with Crippen LogP contribution in [0.1, 0.15) is 46.5 Å². The zero-order valence-electron chi connectivity index (χ0n) is 12.3. The highest BCUT2D eigenvalue weighted by Gasteiger charge is 2.68. The number of hydrogen-bond donors (Lipinski definition) is 1. The van der Waals surface area contributed by atoms with Gasteiger partial charge in [-0.25, -0.2) is 17.9 Å². The summed E-state index contributed by atoms with van der Waals surface area (Å²) in [5, 5.41) is 0. The second-order valence-electron chi connectivity index (χ2n) is 5.04. The first-order valence-electron chi connectivity index (χ1n) is 6.51. The van der Waals surface area contributed by atoms with Crippen LogP contribution in [0.5, 0.6) is 0 Å². The molecule has 1 N–H and O–H groups in total. The van der Waals surface area contributed by atoms with E-state index in [0.717, 1.165) is 0 Å². The Morgan fingerprint density at radius 2 is 1.45 bits per heavy atom. The lowest BCUT2D eigenvalue weighted by Crippen LogP contribution is -2.49. The third-order valence-electron chi connectivity index (χ3n) is 2.81. The zero-order chi connectivity index (χ0) is 17.8. The Hall–Kier alpha value is -0.310. The maximum atomic E-state index is 13.4.